The van der Waals surface area contributed by atoms with E-state index in [1.54, 1.807) is 42.7 Å². The number of rotatable bonds is 8. The number of halogens is 3. The summed E-state index contributed by atoms with van der Waals surface area (Å²) in [6.45, 7) is 5.00. The van der Waals surface area contributed by atoms with Gasteiger partial charge in [0.2, 0.25) is 17.8 Å². The summed E-state index contributed by atoms with van der Waals surface area (Å²) in [5.74, 6) is 0.0732. The van der Waals surface area contributed by atoms with Crippen LogP contribution in [0.15, 0.2) is 85.2 Å². The van der Waals surface area contributed by atoms with Crippen LogP contribution in [0, 0.1) is 0 Å². The summed E-state index contributed by atoms with van der Waals surface area (Å²) in [4.78, 5) is 45.1. The lowest BCUT2D eigenvalue weighted by Gasteiger charge is -2.37. The van der Waals surface area contributed by atoms with Gasteiger partial charge in [0.05, 0.1) is 30.9 Å². The molecule has 0 radical (unpaired) electrons. The van der Waals surface area contributed by atoms with E-state index in [1.165, 1.54) is 24.3 Å². The summed E-state index contributed by atoms with van der Waals surface area (Å²) in [7, 11) is 0. The largest absolute Gasteiger partial charge is 0.417 e. The Balaban J connectivity index is 1.07. The molecule has 0 bridgehead atoms. The average Bonchev–Trinajstić information content (AvgIpc) is 3.12. The Hall–Kier alpha value is -5.50. The van der Waals surface area contributed by atoms with Crippen molar-refractivity contribution in [2.24, 2.45) is 0 Å². The van der Waals surface area contributed by atoms with Crippen LogP contribution in [-0.2, 0) is 20.7 Å². The number of morpholine rings is 1. The number of nitrogens with zero attached hydrogens (tertiary/aromatic N) is 6. The fraction of sp³-hybridized carbons (Fsp3) is 0.286. The summed E-state index contributed by atoms with van der Waals surface area (Å²) in [5.41, 5.74) is 8.06. The maximum Gasteiger partial charge on any atom is 0.417 e. The number of nitrogens with one attached hydrogen (secondary N) is 1. The van der Waals surface area contributed by atoms with Crippen molar-refractivity contribution in [3.05, 3.63) is 96.3 Å². The summed E-state index contributed by atoms with van der Waals surface area (Å²) in [6, 6.07) is 17.7. The third kappa shape index (κ3) is 8.51. The maximum absolute atomic E-state index is 13.6. The molecule has 2 amide bonds. The second-order valence-corrected chi connectivity index (χ2v) is 11.7. The predicted molar refractivity (Wildman–Crippen MR) is 181 cm³/mol. The molecule has 14 heteroatoms. The molecule has 2 aromatic carbocycles. The van der Waals surface area contributed by atoms with Crippen molar-refractivity contribution in [1.82, 2.24) is 19.9 Å². The van der Waals surface area contributed by atoms with Crippen LogP contribution in [0.4, 0.5) is 36.3 Å². The zero-order valence-electron chi connectivity index (χ0n) is 26.6. The first-order valence-electron chi connectivity index (χ1n) is 15.8. The van der Waals surface area contributed by atoms with Gasteiger partial charge < -0.3 is 30.5 Å². The van der Waals surface area contributed by atoms with Gasteiger partial charge in [0.25, 0.3) is 0 Å². The number of benzene rings is 2. The average molecular weight is 673 g/mol. The Kier molecular flexibility index (Phi) is 10.0. The van der Waals surface area contributed by atoms with Crippen molar-refractivity contribution in [3.8, 4) is 11.3 Å². The normalized spacial score (nSPS) is 15.7. The number of hydrogen-bond donors (Lipinski definition) is 2. The van der Waals surface area contributed by atoms with Crippen LogP contribution in [0.1, 0.15) is 11.1 Å². The van der Waals surface area contributed by atoms with Gasteiger partial charge in [-0.1, -0.05) is 42.5 Å². The Morgan fingerprint density at radius 1 is 0.878 bits per heavy atom. The number of pyridine rings is 1. The molecule has 2 fully saturated rings. The van der Waals surface area contributed by atoms with E-state index in [9.17, 15) is 22.8 Å². The SMILES string of the molecule is Nc1ncc(-c2cc(N3CCN(C(=O)Cc4ccc(NC(=O)/C=C(\c5ccccc5)C(F)(F)F)cc4)CC3)cc(N3CCOCC3)n2)cn1. The van der Waals surface area contributed by atoms with Crippen LogP contribution >= 0.6 is 0 Å². The standard InChI is InChI=1S/C35H35F3N8O3/c36-35(37,38)29(25-4-2-1-3-5-25)21-32(47)42-27-8-6-24(7-9-27)18-33(48)46-12-10-44(11-13-46)28-19-30(26-22-40-34(39)41-23-26)43-31(20-28)45-14-16-49-17-15-45/h1-9,19-23H,10-18H2,(H,42,47)(H2,39,40,41)/b29-21+. The number of carbonyl (C=O) groups excluding carboxylic acids is 2. The zero-order valence-corrected chi connectivity index (χ0v) is 26.6. The number of nitrogens with two attached hydrogens (primary N) is 1. The molecule has 0 aliphatic carbocycles. The molecular formula is C35H35F3N8O3. The van der Waals surface area contributed by atoms with Crippen LogP contribution < -0.4 is 20.9 Å². The summed E-state index contributed by atoms with van der Waals surface area (Å²) < 4.78 is 46.4. The fourth-order valence-electron chi connectivity index (χ4n) is 5.72. The van der Waals surface area contributed by atoms with Crippen molar-refractivity contribution in [1.29, 1.82) is 0 Å². The molecule has 4 aromatic rings. The van der Waals surface area contributed by atoms with E-state index < -0.39 is 17.7 Å². The highest BCUT2D eigenvalue weighted by atomic mass is 19.4. The van der Waals surface area contributed by atoms with Gasteiger partial charge >= 0.3 is 6.18 Å². The molecule has 2 saturated heterocycles. The number of allylic oxidation sites excluding steroid dienone is 1. The lowest BCUT2D eigenvalue weighted by Crippen LogP contribution is -2.49. The lowest BCUT2D eigenvalue weighted by atomic mass is 10.0. The van der Waals surface area contributed by atoms with Crippen LogP contribution in [0.2, 0.25) is 0 Å². The monoisotopic (exact) mass is 672 g/mol. The van der Waals surface area contributed by atoms with Gasteiger partial charge in [-0.2, -0.15) is 13.2 Å². The Labute approximate surface area is 281 Å². The van der Waals surface area contributed by atoms with Crippen molar-refractivity contribution in [2.45, 2.75) is 12.6 Å². The second kappa shape index (κ2) is 14.7. The van der Waals surface area contributed by atoms with E-state index >= 15 is 0 Å². The molecule has 0 spiro atoms. The lowest BCUT2D eigenvalue weighted by molar-refractivity contribution is -0.130. The van der Waals surface area contributed by atoms with Crippen molar-refractivity contribution in [2.75, 3.05) is 73.3 Å². The number of hydrogen-bond acceptors (Lipinski definition) is 9. The Bertz CT molecular complexity index is 1790. The fourth-order valence-corrected chi connectivity index (χ4v) is 5.72. The highest BCUT2D eigenvalue weighted by Crippen LogP contribution is 2.34. The van der Waals surface area contributed by atoms with Gasteiger partial charge in [0.15, 0.2) is 0 Å². The van der Waals surface area contributed by atoms with Crippen molar-refractivity contribution in [3.63, 3.8) is 0 Å². The van der Waals surface area contributed by atoms with Crippen molar-refractivity contribution >= 4 is 40.5 Å². The van der Waals surface area contributed by atoms with E-state index in [0.29, 0.717) is 51.2 Å². The highest BCUT2D eigenvalue weighted by Gasteiger charge is 2.35. The van der Waals surface area contributed by atoms with E-state index in [1.807, 2.05) is 11.0 Å². The number of aromatic nitrogens is 3. The smallest absolute Gasteiger partial charge is 0.378 e. The first-order chi connectivity index (χ1) is 23.6. The van der Waals surface area contributed by atoms with Gasteiger partial charge in [0, 0.05) is 80.7 Å². The number of anilines is 4. The van der Waals surface area contributed by atoms with Crippen LogP contribution in [0.3, 0.4) is 0 Å². The molecule has 6 rings (SSSR count). The summed E-state index contributed by atoms with van der Waals surface area (Å²) in [6.07, 6.45) is -0.690. The quantitative estimate of drug-likeness (QED) is 0.261. The van der Waals surface area contributed by atoms with Gasteiger partial charge in [-0.25, -0.2) is 15.0 Å². The van der Waals surface area contributed by atoms with Crippen LogP contribution in [0.25, 0.3) is 16.8 Å². The molecule has 4 heterocycles. The van der Waals surface area contributed by atoms with E-state index in [4.69, 9.17) is 15.5 Å². The van der Waals surface area contributed by atoms with Crippen LogP contribution in [0.5, 0.6) is 0 Å². The number of alkyl halides is 3. The summed E-state index contributed by atoms with van der Waals surface area (Å²) >= 11 is 0. The van der Waals surface area contributed by atoms with E-state index in [2.05, 4.69) is 31.2 Å². The number of carbonyl (C=O) groups is 2. The summed E-state index contributed by atoms with van der Waals surface area (Å²) in [5, 5.41) is 2.48. The molecule has 2 aliphatic heterocycles. The zero-order chi connectivity index (χ0) is 34.4. The maximum atomic E-state index is 13.6. The van der Waals surface area contributed by atoms with E-state index in [-0.39, 0.29) is 23.8 Å². The van der Waals surface area contributed by atoms with Gasteiger partial charge in [-0.05, 0) is 29.3 Å². The minimum Gasteiger partial charge on any atom is -0.378 e. The number of ether oxygens (including phenoxy) is 1. The molecule has 11 nitrogen and oxygen atoms in total. The predicted octanol–water partition coefficient (Wildman–Crippen LogP) is 4.43. The molecule has 2 aromatic heterocycles. The minimum absolute atomic E-state index is 0.0412. The highest BCUT2D eigenvalue weighted by molar-refractivity contribution is 6.04. The molecule has 2 aliphatic rings. The minimum atomic E-state index is -4.70. The molecule has 3 N–H and O–H groups in total. The van der Waals surface area contributed by atoms with Crippen LogP contribution in [-0.4, -0.2) is 90.3 Å². The molecule has 49 heavy (non-hydrogen) atoms. The topological polar surface area (TPSA) is 130 Å². The number of piperazine rings is 1. The molecular weight excluding hydrogens is 637 g/mol. The van der Waals surface area contributed by atoms with Gasteiger partial charge in [0.1, 0.15) is 5.82 Å². The third-order valence-corrected chi connectivity index (χ3v) is 8.34. The molecule has 0 atom stereocenters. The van der Waals surface area contributed by atoms with E-state index in [0.717, 1.165) is 41.4 Å². The molecule has 254 valence electrons. The Morgan fingerprint density at radius 2 is 1.55 bits per heavy atom. The van der Waals surface area contributed by atoms with Crippen molar-refractivity contribution < 1.29 is 27.5 Å². The molecule has 0 unspecified atom stereocenters. The Morgan fingerprint density at radius 3 is 2.20 bits per heavy atom. The van der Waals surface area contributed by atoms with Gasteiger partial charge in [-0.3, -0.25) is 9.59 Å². The first kappa shape index (κ1) is 33.4. The first-order valence-corrected chi connectivity index (χ1v) is 15.8. The second-order valence-electron chi connectivity index (χ2n) is 11.7. The number of nitrogen functional groups attached to an aromatic ring is 1. The molecule has 0 saturated carbocycles. The number of amides is 2. The third-order valence-electron chi connectivity index (χ3n) is 8.34. The van der Waals surface area contributed by atoms with Gasteiger partial charge in [-0.15, -0.1) is 0 Å².